The zero-order valence-corrected chi connectivity index (χ0v) is 10.00. The van der Waals surface area contributed by atoms with Crippen molar-refractivity contribution in [1.29, 1.82) is 5.26 Å². The highest BCUT2D eigenvalue weighted by molar-refractivity contribution is 6.69. The van der Waals surface area contributed by atoms with Crippen molar-refractivity contribution in [2.45, 2.75) is 0 Å². The van der Waals surface area contributed by atoms with Gasteiger partial charge in [0.2, 0.25) is 0 Å². The molecule has 1 aromatic rings. The lowest BCUT2D eigenvalue weighted by Crippen LogP contribution is -2.39. The van der Waals surface area contributed by atoms with Gasteiger partial charge in [-0.3, -0.25) is 10.9 Å². The molecule has 0 saturated heterocycles. The van der Waals surface area contributed by atoms with Gasteiger partial charge in [-0.2, -0.15) is 5.26 Å². The first-order chi connectivity index (χ1) is 8.17. The number of nitrogens with one attached hydrogen (secondary N) is 2. The number of allylic oxidation sites excluding steroid dienone is 1. The molecule has 86 valence electrons. The number of rotatable bonds is 2. The lowest BCUT2D eigenvalue weighted by Gasteiger charge is -2.24. The van der Waals surface area contributed by atoms with E-state index in [1.807, 2.05) is 6.07 Å². The Labute approximate surface area is 108 Å². The van der Waals surface area contributed by atoms with Crippen LogP contribution in [0.3, 0.4) is 0 Å². The van der Waals surface area contributed by atoms with Crippen LogP contribution in [0.15, 0.2) is 40.6 Å². The van der Waals surface area contributed by atoms with Crippen LogP contribution in [0.4, 0.5) is 5.69 Å². The molecule has 0 unspecified atom stereocenters. The maximum absolute atomic E-state index is 8.66. The summed E-state index contributed by atoms with van der Waals surface area (Å²) in [4.78, 5) is 0. The Kier molecular flexibility index (Phi) is 3.38. The molecule has 0 fully saturated rings. The predicted octanol–water partition coefficient (Wildman–Crippen LogP) is 2.34. The summed E-state index contributed by atoms with van der Waals surface area (Å²) >= 11 is 11.5. The third-order valence-corrected chi connectivity index (χ3v) is 2.28. The third kappa shape index (κ3) is 3.03. The molecule has 0 bridgehead atoms. The van der Waals surface area contributed by atoms with Crippen LogP contribution < -0.4 is 10.9 Å². The Morgan fingerprint density at radius 1 is 1.29 bits per heavy atom. The molecule has 2 N–H and O–H groups in total. The molecule has 0 spiro atoms. The third-order valence-electron chi connectivity index (χ3n) is 1.90. The van der Waals surface area contributed by atoms with Gasteiger partial charge in [-0.1, -0.05) is 23.2 Å². The quantitative estimate of drug-likeness (QED) is 0.808. The van der Waals surface area contributed by atoms with E-state index in [-0.39, 0.29) is 5.17 Å². The van der Waals surface area contributed by atoms with E-state index in [0.717, 1.165) is 5.69 Å². The van der Waals surface area contributed by atoms with Crippen LogP contribution >= 0.6 is 23.2 Å². The minimum Gasteiger partial charge on any atom is -0.263 e. The number of halogens is 2. The molecule has 0 aromatic heterocycles. The zero-order chi connectivity index (χ0) is 12.3. The lowest BCUT2D eigenvalue weighted by molar-refractivity contribution is 0.280. The number of hydrazone groups is 1. The van der Waals surface area contributed by atoms with Crippen molar-refractivity contribution in [3.8, 4) is 6.07 Å². The first-order valence-corrected chi connectivity index (χ1v) is 5.38. The van der Waals surface area contributed by atoms with Gasteiger partial charge in [0, 0.05) is 6.08 Å². The summed E-state index contributed by atoms with van der Waals surface area (Å²) < 4.78 is 0. The first-order valence-electron chi connectivity index (χ1n) is 4.62. The van der Waals surface area contributed by atoms with Gasteiger partial charge >= 0.3 is 0 Å². The summed E-state index contributed by atoms with van der Waals surface area (Å²) in [5.41, 5.74) is 6.98. The van der Waals surface area contributed by atoms with Crippen molar-refractivity contribution in [1.82, 2.24) is 10.7 Å². The smallest absolute Gasteiger partial charge is 0.156 e. The fraction of sp³-hybridized carbons (Fsp3) is 0. The molecule has 0 saturated carbocycles. The van der Waals surface area contributed by atoms with E-state index >= 15 is 0 Å². The summed E-state index contributed by atoms with van der Waals surface area (Å²) in [5, 5.41) is 14.5. The maximum atomic E-state index is 8.66. The second kappa shape index (κ2) is 4.95. The molecular weight excluding hydrogens is 261 g/mol. The summed E-state index contributed by atoms with van der Waals surface area (Å²) in [6.07, 6.45) is 1.49. The molecule has 17 heavy (non-hydrogen) atoms. The van der Waals surface area contributed by atoms with E-state index in [9.17, 15) is 0 Å². The van der Waals surface area contributed by atoms with Crippen LogP contribution in [0, 0.1) is 11.3 Å². The average molecular weight is 268 g/mol. The van der Waals surface area contributed by atoms with Crippen molar-refractivity contribution in [3.63, 3.8) is 0 Å². The second-order valence-electron chi connectivity index (χ2n) is 3.14. The summed E-state index contributed by atoms with van der Waals surface area (Å²) in [6.45, 7) is 0. The predicted molar refractivity (Wildman–Crippen MR) is 67.0 cm³/mol. The van der Waals surface area contributed by atoms with Gasteiger partial charge in [0.15, 0.2) is 5.17 Å². The highest BCUT2D eigenvalue weighted by Gasteiger charge is 2.09. The number of anilines is 1. The van der Waals surface area contributed by atoms with Gasteiger partial charge in [0.25, 0.3) is 0 Å². The van der Waals surface area contributed by atoms with E-state index in [1.54, 1.807) is 24.3 Å². The van der Waals surface area contributed by atoms with Gasteiger partial charge in [-0.05, 0) is 24.3 Å². The Morgan fingerprint density at radius 3 is 2.59 bits per heavy atom. The normalized spacial score (nSPS) is 14.3. The number of benzene rings is 1. The zero-order valence-electron chi connectivity index (χ0n) is 8.48. The fourth-order valence-electron chi connectivity index (χ4n) is 1.18. The molecule has 2 rings (SSSR count). The molecule has 0 amide bonds. The van der Waals surface area contributed by atoms with E-state index in [2.05, 4.69) is 16.0 Å². The molecule has 0 radical (unpaired) electrons. The van der Waals surface area contributed by atoms with E-state index in [0.29, 0.717) is 10.7 Å². The van der Waals surface area contributed by atoms with Crippen molar-refractivity contribution in [3.05, 3.63) is 41.1 Å². The van der Waals surface area contributed by atoms with Gasteiger partial charge in [-0.15, -0.1) is 10.3 Å². The minimum absolute atomic E-state index is 0.259. The molecule has 1 aromatic carbocycles. The Bertz CT molecular complexity index is 514. The molecule has 1 aliphatic heterocycles. The summed E-state index contributed by atoms with van der Waals surface area (Å²) in [5.74, 6) is 0. The van der Waals surface area contributed by atoms with Crippen molar-refractivity contribution < 1.29 is 0 Å². The van der Waals surface area contributed by atoms with Gasteiger partial charge in [0.05, 0.1) is 17.3 Å². The highest BCUT2D eigenvalue weighted by atomic mass is 35.5. The maximum Gasteiger partial charge on any atom is 0.156 e. The SMILES string of the molecule is N#Cc1ccc(NN2N=C(Cl)C=C(Cl)N2)cc1. The van der Waals surface area contributed by atoms with Crippen LogP contribution in [0.2, 0.25) is 0 Å². The standard InChI is InChI=1S/C10H7Cl2N5/c11-9-5-10(12)16-17(15-9)14-8-3-1-7(6-13)2-4-8/h1-5,14-15H. The monoisotopic (exact) mass is 267 g/mol. The van der Waals surface area contributed by atoms with Crippen LogP contribution in [-0.2, 0) is 0 Å². The first kappa shape index (κ1) is 11.6. The summed E-state index contributed by atoms with van der Waals surface area (Å²) in [7, 11) is 0. The largest absolute Gasteiger partial charge is 0.263 e. The average Bonchev–Trinajstić information content (AvgIpc) is 2.28. The van der Waals surface area contributed by atoms with E-state index in [4.69, 9.17) is 28.5 Å². The topological polar surface area (TPSA) is 63.5 Å². The van der Waals surface area contributed by atoms with Gasteiger partial charge in [-0.25, -0.2) is 0 Å². The molecule has 0 atom stereocenters. The lowest BCUT2D eigenvalue weighted by atomic mass is 10.2. The van der Waals surface area contributed by atoms with Gasteiger partial charge < -0.3 is 0 Å². The Morgan fingerprint density at radius 2 is 2.00 bits per heavy atom. The molecule has 5 nitrogen and oxygen atoms in total. The van der Waals surface area contributed by atoms with Crippen LogP contribution in [-0.4, -0.2) is 10.4 Å². The highest BCUT2D eigenvalue weighted by Crippen LogP contribution is 2.13. The molecular formula is C10H7Cl2N5. The molecule has 1 heterocycles. The van der Waals surface area contributed by atoms with Crippen LogP contribution in [0.1, 0.15) is 5.56 Å². The number of hydrogen-bond donors (Lipinski definition) is 2. The number of nitriles is 1. The van der Waals surface area contributed by atoms with Crippen molar-refractivity contribution in [2.24, 2.45) is 5.10 Å². The van der Waals surface area contributed by atoms with Crippen molar-refractivity contribution >= 4 is 34.1 Å². The van der Waals surface area contributed by atoms with Crippen LogP contribution in [0.5, 0.6) is 0 Å². The number of nitrogens with zero attached hydrogens (tertiary/aromatic N) is 3. The Balaban J connectivity index is 2.07. The second-order valence-corrected chi connectivity index (χ2v) is 3.93. The van der Waals surface area contributed by atoms with Gasteiger partial charge in [0.1, 0.15) is 5.16 Å². The van der Waals surface area contributed by atoms with Crippen LogP contribution in [0.25, 0.3) is 0 Å². The summed E-state index contributed by atoms with van der Waals surface area (Å²) in [6, 6.07) is 8.91. The van der Waals surface area contributed by atoms with E-state index in [1.165, 1.54) is 11.3 Å². The minimum atomic E-state index is 0.259. The molecule has 7 heteroatoms. The number of hydrazine groups is 2. The molecule has 0 aliphatic carbocycles. The van der Waals surface area contributed by atoms with Crippen molar-refractivity contribution in [2.75, 3.05) is 5.43 Å². The van der Waals surface area contributed by atoms with E-state index < -0.39 is 0 Å². The molecule has 1 aliphatic rings. The fourth-order valence-corrected chi connectivity index (χ4v) is 1.61. The Hall–Kier alpha value is -1.90. The number of hydrogen-bond acceptors (Lipinski definition) is 5.